The zero-order valence-corrected chi connectivity index (χ0v) is 17.8. The number of carbonyl (C=O) groups is 1. The highest BCUT2D eigenvalue weighted by Gasteiger charge is 2.39. The van der Waals surface area contributed by atoms with Gasteiger partial charge in [0, 0.05) is 18.1 Å². The van der Waals surface area contributed by atoms with Crippen LogP contribution in [0.2, 0.25) is 5.02 Å². The van der Waals surface area contributed by atoms with Gasteiger partial charge in [0.2, 0.25) is 5.91 Å². The zero-order chi connectivity index (χ0) is 20.4. The number of fused-ring (bicyclic) bond motifs is 1. The molecule has 1 N–H and O–H groups in total. The van der Waals surface area contributed by atoms with E-state index in [1.54, 1.807) is 23.6 Å². The van der Waals surface area contributed by atoms with Gasteiger partial charge >= 0.3 is 0 Å². The van der Waals surface area contributed by atoms with E-state index in [2.05, 4.69) is 5.32 Å². The van der Waals surface area contributed by atoms with Gasteiger partial charge in [-0.05, 0) is 40.6 Å². The van der Waals surface area contributed by atoms with Crippen molar-refractivity contribution in [3.63, 3.8) is 0 Å². The Kier molecular flexibility index (Phi) is 5.74. The highest BCUT2D eigenvalue weighted by molar-refractivity contribution is 7.91. The minimum Gasteiger partial charge on any atom is -0.351 e. The largest absolute Gasteiger partial charge is 0.351 e. The summed E-state index contributed by atoms with van der Waals surface area (Å²) >= 11 is 7.32. The second-order valence-electron chi connectivity index (χ2n) is 6.78. The first-order chi connectivity index (χ1) is 14.0. The van der Waals surface area contributed by atoms with Crippen molar-refractivity contribution in [2.75, 3.05) is 0 Å². The average molecular weight is 447 g/mol. The Balaban J connectivity index is 1.63. The SMILES string of the molecule is O=C(NCc1ccccc1Cl)[C@@H]1Cc2ccccc2CN1S(=O)(=O)c1cccs1. The molecule has 0 aliphatic carbocycles. The summed E-state index contributed by atoms with van der Waals surface area (Å²) in [5.41, 5.74) is 2.69. The van der Waals surface area contributed by atoms with Crippen molar-refractivity contribution < 1.29 is 13.2 Å². The number of halogens is 1. The lowest BCUT2D eigenvalue weighted by Gasteiger charge is -2.34. The van der Waals surface area contributed by atoms with E-state index in [-0.39, 0.29) is 23.2 Å². The van der Waals surface area contributed by atoms with E-state index in [0.717, 1.165) is 28.0 Å². The van der Waals surface area contributed by atoms with Crippen molar-refractivity contribution in [3.05, 3.63) is 87.8 Å². The van der Waals surface area contributed by atoms with E-state index < -0.39 is 16.1 Å². The lowest BCUT2D eigenvalue weighted by molar-refractivity contribution is -0.125. The molecule has 3 aromatic rings. The molecule has 0 fully saturated rings. The maximum atomic E-state index is 13.2. The van der Waals surface area contributed by atoms with E-state index in [4.69, 9.17) is 11.6 Å². The highest BCUT2D eigenvalue weighted by atomic mass is 35.5. The van der Waals surface area contributed by atoms with Crippen molar-refractivity contribution >= 4 is 38.9 Å². The van der Waals surface area contributed by atoms with Crippen LogP contribution in [0.4, 0.5) is 0 Å². The monoisotopic (exact) mass is 446 g/mol. The lowest BCUT2D eigenvalue weighted by Crippen LogP contribution is -2.52. The lowest BCUT2D eigenvalue weighted by atomic mass is 9.95. The molecule has 4 rings (SSSR count). The average Bonchev–Trinajstić information content (AvgIpc) is 3.28. The third-order valence-corrected chi connectivity index (χ3v) is 8.57. The van der Waals surface area contributed by atoms with Crippen LogP contribution in [0.5, 0.6) is 0 Å². The van der Waals surface area contributed by atoms with Gasteiger partial charge in [0.25, 0.3) is 10.0 Å². The molecule has 8 heteroatoms. The Hall–Kier alpha value is -2.19. The fraction of sp³-hybridized carbons (Fsp3) is 0.190. The third kappa shape index (κ3) is 4.09. The molecule has 1 aliphatic heterocycles. The Morgan fingerprint density at radius 2 is 1.79 bits per heavy atom. The molecule has 1 atom stereocenters. The third-order valence-electron chi connectivity index (χ3n) is 4.98. The number of carbonyl (C=O) groups excluding carboxylic acids is 1. The minimum atomic E-state index is -3.78. The number of hydrogen-bond acceptors (Lipinski definition) is 4. The van der Waals surface area contributed by atoms with Crippen LogP contribution in [0.15, 0.2) is 70.3 Å². The molecular weight excluding hydrogens is 428 g/mol. The minimum absolute atomic E-state index is 0.167. The zero-order valence-electron chi connectivity index (χ0n) is 15.4. The van der Waals surface area contributed by atoms with E-state index in [1.165, 1.54) is 4.31 Å². The number of nitrogens with one attached hydrogen (secondary N) is 1. The summed E-state index contributed by atoms with van der Waals surface area (Å²) in [7, 11) is -3.78. The van der Waals surface area contributed by atoms with Crippen molar-refractivity contribution in [1.29, 1.82) is 0 Å². The molecule has 0 spiro atoms. The molecule has 0 bridgehead atoms. The van der Waals surface area contributed by atoms with Crippen LogP contribution >= 0.6 is 22.9 Å². The molecule has 0 saturated heterocycles. The summed E-state index contributed by atoms with van der Waals surface area (Å²) in [5, 5.41) is 5.14. The van der Waals surface area contributed by atoms with Gasteiger partial charge in [-0.2, -0.15) is 4.31 Å². The summed E-state index contributed by atoms with van der Waals surface area (Å²) in [6.45, 7) is 0.407. The Morgan fingerprint density at radius 1 is 1.07 bits per heavy atom. The first-order valence-corrected chi connectivity index (χ1v) is 11.8. The van der Waals surface area contributed by atoms with Crippen molar-refractivity contribution in [2.45, 2.75) is 29.8 Å². The van der Waals surface area contributed by atoms with E-state index in [0.29, 0.717) is 11.4 Å². The van der Waals surface area contributed by atoms with Gasteiger partial charge in [0.15, 0.2) is 0 Å². The van der Waals surface area contributed by atoms with Gasteiger partial charge < -0.3 is 5.32 Å². The van der Waals surface area contributed by atoms with Crippen molar-refractivity contribution in [1.82, 2.24) is 9.62 Å². The molecule has 2 aromatic carbocycles. The smallest absolute Gasteiger partial charge is 0.253 e. The summed E-state index contributed by atoms with van der Waals surface area (Å²) in [4.78, 5) is 13.1. The molecule has 0 radical (unpaired) electrons. The van der Waals surface area contributed by atoms with Gasteiger partial charge in [-0.25, -0.2) is 8.42 Å². The molecule has 5 nitrogen and oxygen atoms in total. The van der Waals surface area contributed by atoms with Crippen LogP contribution in [0.3, 0.4) is 0 Å². The molecule has 1 amide bonds. The molecule has 2 heterocycles. The van der Waals surface area contributed by atoms with Crippen LogP contribution in [0.1, 0.15) is 16.7 Å². The van der Waals surface area contributed by atoms with E-state index >= 15 is 0 Å². The standard InChI is InChI=1S/C21H19ClN2O3S2/c22-18-9-4-3-7-16(18)13-23-21(25)19-12-15-6-1-2-8-17(15)14-24(19)29(26,27)20-10-5-11-28-20/h1-11,19H,12-14H2,(H,23,25)/t19-/m0/s1. The Bertz CT molecular complexity index is 1130. The Labute approximate surface area is 179 Å². The summed E-state index contributed by atoms with van der Waals surface area (Å²) in [6.07, 6.45) is 0.329. The highest BCUT2D eigenvalue weighted by Crippen LogP contribution is 2.31. The van der Waals surface area contributed by atoms with Gasteiger partial charge in [-0.1, -0.05) is 60.1 Å². The number of hydrogen-bond donors (Lipinski definition) is 1. The quantitative estimate of drug-likeness (QED) is 0.647. The van der Waals surface area contributed by atoms with Crippen molar-refractivity contribution in [2.24, 2.45) is 0 Å². The van der Waals surface area contributed by atoms with Gasteiger partial charge in [-0.3, -0.25) is 4.79 Å². The van der Waals surface area contributed by atoms with E-state index in [9.17, 15) is 13.2 Å². The van der Waals surface area contributed by atoms with Gasteiger partial charge in [0.05, 0.1) is 0 Å². The van der Waals surface area contributed by atoms with E-state index in [1.807, 2.05) is 42.5 Å². The van der Waals surface area contributed by atoms with Crippen LogP contribution in [-0.2, 0) is 34.3 Å². The number of nitrogens with zero attached hydrogens (tertiary/aromatic N) is 1. The fourth-order valence-corrected chi connectivity index (χ4v) is 6.33. The molecule has 0 saturated carbocycles. The molecule has 0 unspecified atom stereocenters. The molecular formula is C21H19ClN2O3S2. The predicted molar refractivity (Wildman–Crippen MR) is 114 cm³/mol. The fourth-order valence-electron chi connectivity index (χ4n) is 3.44. The molecule has 1 aliphatic rings. The number of benzene rings is 2. The summed E-state index contributed by atoms with van der Waals surface area (Å²) in [6, 6.07) is 17.3. The van der Waals surface area contributed by atoms with Crippen LogP contribution in [0.25, 0.3) is 0 Å². The van der Waals surface area contributed by atoms with Crippen LogP contribution in [-0.4, -0.2) is 24.7 Å². The summed E-state index contributed by atoms with van der Waals surface area (Å²) in [5.74, 6) is -0.334. The number of sulfonamides is 1. The second kappa shape index (κ2) is 8.28. The predicted octanol–water partition coefficient (Wildman–Crippen LogP) is 3.83. The number of thiophene rings is 1. The van der Waals surface area contributed by atoms with Crippen molar-refractivity contribution in [3.8, 4) is 0 Å². The molecule has 150 valence electrons. The first-order valence-electron chi connectivity index (χ1n) is 9.10. The number of rotatable bonds is 5. The summed E-state index contributed by atoms with van der Waals surface area (Å²) < 4.78 is 28.0. The molecule has 29 heavy (non-hydrogen) atoms. The second-order valence-corrected chi connectivity index (χ2v) is 10.3. The maximum Gasteiger partial charge on any atom is 0.253 e. The van der Waals surface area contributed by atoms with Crippen LogP contribution < -0.4 is 5.32 Å². The Morgan fingerprint density at radius 3 is 2.52 bits per heavy atom. The molecule has 1 aromatic heterocycles. The van der Waals surface area contributed by atoms with Gasteiger partial charge in [0.1, 0.15) is 10.3 Å². The van der Waals surface area contributed by atoms with Gasteiger partial charge in [-0.15, -0.1) is 11.3 Å². The number of amides is 1. The topological polar surface area (TPSA) is 66.5 Å². The first kappa shape index (κ1) is 20.1. The normalized spacial score (nSPS) is 16.9. The van der Waals surface area contributed by atoms with Crippen LogP contribution in [0, 0.1) is 0 Å². The maximum absolute atomic E-state index is 13.2.